The van der Waals surface area contributed by atoms with Crippen LogP contribution in [0.15, 0.2) is 40.8 Å². The van der Waals surface area contributed by atoms with E-state index in [0.29, 0.717) is 5.56 Å². The topological polar surface area (TPSA) is 114 Å². The number of carbonyl (C=O) groups is 2. The van der Waals surface area contributed by atoms with Gasteiger partial charge in [-0.15, -0.1) is 11.3 Å². The van der Waals surface area contributed by atoms with E-state index in [-0.39, 0.29) is 17.8 Å². The molecule has 24 heavy (non-hydrogen) atoms. The number of hydrazone groups is 1. The van der Waals surface area contributed by atoms with Crippen molar-refractivity contribution < 1.29 is 14.5 Å². The molecule has 0 aliphatic heterocycles. The van der Waals surface area contributed by atoms with Crippen molar-refractivity contribution in [3.63, 3.8) is 0 Å². The number of nitro benzene ring substituents is 1. The fourth-order valence-electron chi connectivity index (χ4n) is 1.78. The van der Waals surface area contributed by atoms with Crippen molar-refractivity contribution in [3.8, 4) is 0 Å². The summed E-state index contributed by atoms with van der Waals surface area (Å²) in [5.74, 6) is -1.08. The number of nitro groups is 1. The Labute approximate surface area is 141 Å². The van der Waals surface area contributed by atoms with Crippen molar-refractivity contribution in [2.45, 2.75) is 6.92 Å². The third-order valence-electron chi connectivity index (χ3n) is 3.00. The number of rotatable bonds is 6. The summed E-state index contributed by atoms with van der Waals surface area (Å²) in [6, 6.07) is 7.82. The SMILES string of the molecule is Cc1ccc(C(=O)NCC(=O)N/N=C/c2cccs2)cc1[N+](=O)[O-]. The summed E-state index contributed by atoms with van der Waals surface area (Å²) >= 11 is 1.47. The van der Waals surface area contributed by atoms with Crippen LogP contribution in [0.4, 0.5) is 5.69 Å². The van der Waals surface area contributed by atoms with Crippen molar-refractivity contribution in [1.29, 1.82) is 0 Å². The third-order valence-corrected chi connectivity index (χ3v) is 3.81. The molecule has 2 rings (SSSR count). The molecule has 1 heterocycles. The van der Waals surface area contributed by atoms with Crippen LogP contribution >= 0.6 is 11.3 Å². The first-order chi connectivity index (χ1) is 11.5. The van der Waals surface area contributed by atoms with Crippen LogP contribution in [0.2, 0.25) is 0 Å². The van der Waals surface area contributed by atoms with Gasteiger partial charge in [0.15, 0.2) is 0 Å². The van der Waals surface area contributed by atoms with E-state index in [2.05, 4.69) is 15.8 Å². The van der Waals surface area contributed by atoms with Crippen LogP contribution in [-0.4, -0.2) is 29.5 Å². The maximum atomic E-state index is 11.9. The van der Waals surface area contributed by atoms with Crippen LogP contribution < -0.4 is 10.7 Å². The minimum atomic E-state index is -0.574. The van der Waals surface area contributed by atoms with Crippen molar-refractivity contribution >= 4 is 35.1 Å². The maximum Gasteiger partial charge on any atom is 0.273 e. The zero-order valence-electron chi connectivity index (χ0n) is 12.7. The number of amides is 2. The zero-order chi connectivity index (χ0) is 17.5. The van der Waals surface area contributed by atoms with E-state index in [4.69, 9.17) is 0 Å². The smallest absolute Gasteiger partial charge is 0.273 e. The summed E-state index contributed by atoms with van der Waals surface area (Å²) in [7, 11) is 0. The van der Waals surface area contributed by atoms with Crippen molar-refractivity contribution in [1.82, 2.24) is 10.7 Å². The Balaban J connectivity index is 1.87. The van der Waals surface area contributed by atoms with Crippen LogP contribution in [0.3, 0.4) is 0 Å². The van der Waals surface area contributed by atoms with E-state index < -0.39 is 16.7 Å². The average molecular weight is 346 g/mol. The molecule has 1 aromatic carbocycles. The molecule has 124 valence electrons. The zero-order valence-corrected chi connectivity index (χ0v) is 13.5. The second-order valence-corrected chi connectivity index (χ2v) is 5.73. The van der Waals surface area contributed by atoms with Gasteiger partial charge in [-0.3, -0.25) is 19.7 Å². The summed E-state index contributed by atoms with van der Waals surface area (Å²) < 4.78 is 0. The van der Waals surface area contributed by atoms with E-state index in [1.165, 1.54) is 35.8 Å². The highest BCUT2D eigenvalue weighted by Gasteiger charge is 2.15. The predicted molar refractivity (Wildman–Crippen MR) is 90.2 cm³/mol. The quantitative estimate of drug-likeness (QED) is 0.472. The van der Waals surface area contributed by atoms with Crippen LogP contribution in [0.1, 0.15) is 20.8 Å². The fraction of sp³-hybridized carbons (Fsp3) is 0.133. The van der Waals surface area contributed by atoms with Gasteiger partial charge in [-0.25, -0.2) is 5.43 Å². The molecule has 0 fully saturated rings. The summed E-state index contributed by atoms with van der Waals surface area (Å²) in [6.07, 6.45) is 1.49. The molecule has 2 amide bonds. The van der Waals surface area contributed by atoms with Crippen LogP contribution in [0.25, 0.3) is 0 Å². The molecule has 8 nitrogen and oxygen atoms in total. The van der Waals surface area contributed by atoms with Gasteiger partial charge in [-0.05, 0) is 24.4 Å². The molecule has 0 radical (unpaired) electrons. The molecule has 0 saturated carbocycles. The molecule has 1 aromatic heterocycles. The second-order valence-electron chi connectivity index (χ2n) is 4.75. The lowest BCUT2D eigenvalue weighted by atomic mass is 10.1. The van der Waals surface area contributed by atoms with Crippen molar-refractivity contribution in [3.05, 3.63) is 61.8 Å². The molecule has 0 spiro atoms. The minimum absolute atomic E-state index is 0.113. The number of nitrogens with zero attached hydrogens (tertiary/aromatic N) is 2. The Hall–Kier alpha value is -3.07. The highest BCUT2D eigenvalue weighted by molar-refractivity contribution is 7.11. The maximum absolute atomic E-state index is 11.9. The Kier molecular flexibility index (Phi) is 5.74. The molecule has 9 heteroatoms. The molecule has 2 aromatic rings. The molecule has 0 saturated heterocycles. The minimum Gasteiger partial charge on any atom is -0.343 e. The monoisotopic (exact) mass is 346 g/mol. The normalized spacial score (nSPS) is 10.5. The molecule has 2 N–H and O–H groups in total. The number of hydrogen-bond donors (Lipinski definition) is 2. The summed E-state index contributed by atoms with van der Waals surface area (Å²) in [5, 5.41) is 18.9. The molecule has 0 unspecified atom stereocenters. The average Bonchev–Trinajstić information content (AvgIpc) is 3.06. The Morgan fingerprint density at radius 2 is 2.17 bits per heavy atom. The summed E-state index contributed by atoms with van der Waals surface area (Å²) in [5.41, 5.74) is 2.70. The fourth-order valence-corrected chi connectivity index (χ4v) is 2.37. The molecule has 0 aliphatic rings. The Morgan fingerprint density at radius 3 is 2.83 bits per heavy atom. The molecular formula is C15H14N4O4S. The third kappa shape index (κ3) is 4.71. The number of benzene rings is 1. The van der Waals surface area contributed by atoms with Gasteiger partial charge < -0.3 is 5.32 Å². The van der Waals surface area contributed by atoms with Gasteiger partial charge in [0.1, 0.15) is 0 Å². The van der Waals surface area contributed by atoms with E-state index in [0.717, 1.165) is 4.88 Å². The van der Waals surface area contributed by atoms with Crippen LogP contribution in [0.5, 0.6) is 0 Å². The van der Waals surface area contributed by atoms with Gasteiger partial charge in [-0.2, -0.15) is 5.10 Å². The Morgan fingerprint density at radius 1 is 1.38 bits per heavy atom. The predicted octanol–water partition coefficient (Wildman–Crippen LogP) is 1.84. The molecule has 0 aliphatic carbocycles. The van der Waals surface area contributed by atoms with Crippen molar-refractivity contribution in [2.75, 3.05) is 6.54 Å². The van der Waals surface area contributed by atoms with E-state index in [9.17, 15) is 19.7 Å². The van der Waals surface area contributed by atoms with E-state index >= 15 is 0 Å². The first-order valence-electron chi connectivity index (χ1n) is 6.86. The standard InChI is InChI=1S/C15H14N4O4S/c1-10-4-5-11(7-13(10)19(22)23)15(21)16-9-14(20)18-17-8-12-3-2-6-24-12/h2-8H,9H2,1H3,(H,16,21)(H,18,20)/b17-8+. The van der Waals surface area contributed by atoms with Gasteiger partial charge in [0.2, 0.25) is 0 Å². The number of hydrogen-bond acceptors (Lipinski definition) is 6. The number of nitrogens with one attached hydrogen (secondary N) is 2. The lowest BCUT2D eigenvalue weighted by Gasteiger charge is -2.05. The van der Waals surface area contributed by atoms with Gasteiger partial charge in [0.25, 0.3) is 17.5 Å². The van der Waals surface area contributed by atoms with Gasteiger partial charge in [-0.1, -0.05) is 12.1 Å². The highest BCUT2D eigenvalue weighted by atomic mass is 32.1. The van der Waals surface area contributed by atoms with Crippen LogP contribution in [0, 0.1) is 17.0 Å². The summed E-state index contributed by atoms with van der Waals surface area (Å²) in [4.78, 5) is 34.7. The molecular weight excluding hydrogens is 332 g/mol. The number of aryl methyl sites for hydroxylation is 1. The summed E-state index contributed by atoms with van der Waals surface area (Å²) in [6.45, 7) is 1.29. The van der Waals surface area contributed by atoms with Crippen molar-refractivity contribution in [2.24, 2.45) is 5.10 Å². The van der Waals surface area contributed by atoms with Gasteiger partial charge in [0, 0.05) is 22.1 Å². The van der Waals surface area contributed by atoms with Crippen LogP contribution in [-0.2, 0) is 4.79 Å². The molecule has 0 bridgehead atoms. The number of thiophene rings is 1. The van der Waals surface area contributed by atoms with E-state index in [1.54, 1.807) is 6.92 Å². The lowest BCUT2D eigenvalue weighted by molar-refractivity contribution is -0.385. The first-order valence-corrected chi connectivity index (χ1v) is 7.74. The van der Waals surface area contributed by atoms with Gasteiger partial charge >= 0.3 is 0 Å². The number of carbonyl (C=O) groups excluding carboxylic acids is 2. The first kappa shape index (κ1) is 17.3. The lowest BCUT2D eigenvalue weighted by Crippen LogP contribution is -2.34. The highest BCUT2D eigenvalue weighted by Crippen LogP contribution is 2.19. The largest absolute Gasteiger partial charge is 0.343 e. The molecule has 0 atom stereocenters. The Bertz CT molecular complexity index is 787. The van der Waals surface area contributed by atoms with E-state index in [1.807, 2.05) is 17.5 Å². The van der Waals surface area contributed by atoms with Gasteiger partial charge in [0.05, 0.1) is 17.7 Å². The second kappa shape index (κ2) is 7.97.